The van der Waals surface area contributed by atoms with E-state index in [0.29, 0.717) is 47.9 Å². The highest BCUT2D eigenvalue weighted by molar-refractivity contribution is 6.03. The molecule has 0 spiro atoms. The van der Waals surface area contributed by atoms with Crippen LogP contribution in [0.3, 0.4) is 0 Å². The fourth-order valence-electron chi connectivity index (χ4n) is 7.57. The number of furan rings is 1. The van der Waals surface area contributed by atoms with Gasteiger partial charge in [0.15, 0.2) is 5.82 Å². The summed E-state index contributed by atoms with van der Waals surface area (Å²) in [5, 5.41) is 15.7. The second kappa shape index (κ2) is 14.1. The molecule has 2 atom stereocenters. The van der Waals surface area contributed by atoms with Crippen molar-refractivity contribution in [3.05, 3.63) is 106 Å². The minimum Gasteiger partial charge on any atom is -0.467 e. The fourth-order valence-corrected chi connectivity index (χ4v) is 7.57. The number of hydrogen-bond donors (Lipinski definition) is 2. The molecule has 2 amide bonds. The molecule has 12 heteroatoms. The summed E-state index contributed by atoms with van der Waals surface area (Å²) in [5.41, 5.74) is 4.33. The van der Waals surface area contributed by atoms with Gasteiger partial charge in [0.1, 0.15) is 17.8 Å². The third-order valence-electron chi connectivity index (χ3n) is 10.8. The molecule has 2 fully saturated rings. The standard InChI is InChI=1S/C40H41F3N6O3/c1-22-16-27(40(4)13-10-35(50)46-39(40)51)8-9-29(22)25-11-14-49(15-12-25)20-28-17-26(21-52-28)34-18-32-33(19-44-34)24(3)47-48-38(32)45-23(2)30-6-5-7-31(36(30)41)37(42)43/h5-9,16-19,21,23,25,37H,10-15,20H2,1-4H3,(H,45,48)(H,46,50,51)/t23-,40-/m1/s1. The van der Waals surface area contributed by atoms with Crippen LogP contribution in [0.5, 0.6) is 0 Å². The number of carbonyl (C=O) groups is 2. The molecule has 2 N–H and O–H groups in total. The first-order chi connectivity index (χ1) is 24.9. The number of nitrogens with one attached hydrogen (secondary N) is 2. The van der Waals surface area contributed by atoms with Crippen molar-refractivity contribution in [1.82, 2.24) is 25.4 Å². The Morgan fingerprint density at radius 2 is 1.81 bits per heavy atom. The molecule has 3 aromatic heterocycles. The number of amides is 2. The Labute approximate surface area is 300 Å². The lowest BCUT2D eigenvalue weighted by Crippen LogP contribution is -2.49. The highest BCUT2D eigenvalue weighted by Crippen LogP contribution is 2.37. The van der Waals surface area contributed by atoms with Crippen molar-refractivity contribution in [1.29, 1.82) is 0 Å². The van der Waals surface area contributed by atoms with Crippen LogP contribution in [0.15, 0.2) is 65.4 Å². The summed E-state index contributed by atoms with van der Waals surface area (Å²) in [4.78, 5) is 31.5. The molecule has 0 unspecified atom stereocenters. The summed E-state index contributed by atoms with van der Waals surface area (Å²) >= 11 is 0. The van der Waals surface area contributed by atoms with Gasteiger partial charge in [-0.25, -0.2) is 13.2 Å². The van der Waals surface area contributed by atoms with Crippen LogP contribution in [-0.2, 0) is 21.5 Å². The van der Waals surface area contributed by atoms with E-state index in [1.165, 1.54) is 23.3 Å². The molecule has 5 heterocycles. The van der Waals surface area contributed by atoms with Crippen molar-refractivity contribution in [3.63, 3.8) is 0 Å². The lowest BCUT2D eigenvalue weighted by molar-refractivity contribution is -0.137. The van der Waals surface area contributed by atoms with Gasteiger partial charge in [-0.05, 0) is 94.8 Å². The number of likely N-dealkylation sites (tertiary alicyclic amines) is 1. The average molecular weight is 711 g/mol. The van der Waals surface area contributed by atoms with Crippen molar-refractivity contribution in [3.8, 4) is 11.3 Å². The van der Waals surface area contributed by atoms with Crippen molar-refractivity contribution in [2.45, 2.75) is 83.7 Å². The molecule has 52 heavy (non-hydrogen) atoms. The SMILES string of the molecule is Cc1cc([C@@]2(C)CCC(=O)NC2=O)ccc1C1CCN(Cc2cc(-c3cc4c(N[C@H](C)c5cccc(C(F)F)c5F)nnc(C)c4cn3)co2)CC1. The van der Waals surface area contributed by atoms with E-state index in [-0.39, 0.29) is 17.4 Å². The van der Waals surface area contributed by atoms with Crippen LogP contribution in [0.4, 0.5) is 19.0 Å². The van der Waals surface area contributed by atoms with Crippen LogP contribution in [0.1, 0.15) is 97.2 Å². The molecule has 9 nitrogen and oxygen atoms in total. The lowest BCUT2D eigenvalue weighted by atomic mass is 9.74. The summed E-state index contributed by atoms with van der Waals surface area (Å²) in [5.74, 6) is 0.241. The Bertz CT molecular complexity index is 2160. The molecule has 2 aliphatic heterocycles. The van der Waals surface area contributed by atoms with Gasteiger partial charge in [-0.15, -0.1) is 5.10 Å². The molecule has 0 aliphatic carbocycles. The van der Waals surface area contributed by atoms with Gasteiger partial charge in [0.05, 0.1) is 35.0 Å². The second-order valence-electron chi connectivity index (χ2n) is 14.3. The van der Waals surface area contributed by atoms with E-state index in [1.807, 2.05) is 26.0 Å². The first-order valence-corrected chi connectivity index (χ1v) is 17.6. The van der Waals surface area contributed by atoms with Gasteiger partial charge >= 0.3 is 0 Å². The van der Waals surface area contributed by atoms with E-state index in [4.69, 9.17) is 4.42 Å². The number of carbonyl (C=O) groups excluding carboxylic acids is 2. The molecular weight excluding hydrogens is 669 g/mol. The normalized spacial score (nSPS) is 19.3. The van der Waals surface area contributed by atoms with Crippen molar-refractivity contribution >= 4 is 28.4 Å². The summed E-state index contributed by atoms with van der Waals surface area (Å²) in [6.07, 6.45) is 3.34. The molecule has 5 aromatic rings. The maximum absolute atomic E-state index is 14.9. The van der Waals surface area contributed by atoms with E-state index < -0.39 is 29.3 Å². The zero-order valence-electron chi connectivity index (χ0n) is 29.6. The van der Waals surface area contributed by atoms with Crippen molar-refractivity contribution in [2.75, 3.05) is 18.4 Å². The van der Waals surface area contributed by atoms with Gasteiger partial charge < -0.3 is 9.73 Å². The van der Waals surface area contributed by atoms with Gasteiger partial charge in [0.25, 0.3) is 6.43 Å². The summed E-state index contributed by atoms with van der Waals surface area (Å²) in [6.45, 7) is 10.0. The van der Waals surface area contributed by atoms with E-state index in [9.17, 15) is 22.8 Å². The number of alkyl halides is 2. The van der Waals surface area contributed by atoms with E-state index in [0.717, 1.165) is 54.3 Å². The van der Waals surface area contributed by atoms with Crippen LogP contribution in [0.25, 0.3) is 22.0 Å². The summed E-state index contributed by atoms with van der Waals surface area (Å²) < 4.78 is 47.6. The zero-order valence-corrected chi connectivity index (χ0v) is 29.6. The number of hydrogen-bond acceptors (Lipinski definition) is 8. The summed E-state index contributed by atoms with van der Waals surface area (Å²) in [6, 6.07) is 13.5. The van der Waals surface area contributed by atoms with Gasteiger partial charge in [-0.3, -0.25) is 24.8 Å². The fraction of sp³-hybridized carbons (Fsp3) is 0.375. The molecule has 270 valence electrons. The van der Waals surface area contributed by atoms with Crippen LogP contribution >= 0.6 is 0 Å². The van der Waals surface area contributed by atoms with Crippen LogP contribution < -0.4 is 10.6 Å². The lowest BCUT2D eigenvalue weighted by Gasteiger charge is -2.34. The topological polar surface area (TPSA) is 113 Å². The third-order valence-corrected chi connectivity index (χ3v) is 10.8. The Hall–Kier alpha value is -5.10. The number of benzene rings is 2. The van der Waals surface area contributed by atoms with Crippen LogP contribution in [0, 0.1) is 19.7 Å². The molecule has 0 radical (unpaired) electrons. The minimum absolute atomic E-state index is 0.110. The smallest absolute Gasteiger partial charge is 0.266 e. The van der Waals surface area contributed by atoms with Crippen LogP contribution in [0.2, 0.25) is 0 Å². The molecule has 0 saturated carbocycles. The third kappa shape index (κ3) is 6.79. The Kier molecular flexibility index (Phi) is 9.60. The van der Waals surface area contributed by atoms with Crippen LogP contribution in [-0.4, -0.2) is 45.0 Å². The first kappa shape index (κ1) is 35.3. The van der Waals surface area contributed by atoms with Gasteiger partial charge in [-0.1, -0.05) is 36.4 Å². The predicted octanol–water partition coefficient (Wildman–Crippen LogP) is 8.23. The highest BCUT2D eigenvalue weighted by Gasteiger charge is 2.40. The number of aryl methyl sites for hydroxylation is 2. The Balaban J connectivity index is 1.02. The predicted molar refractivity (Wildman–Crippen MR) is 191 cm³/mol. The van der Waals surface area contributed by atoms with Gasteiger partial charge in [0.2, 0.25) is 11.8 Å². The second-order valence-corrected chi connectivity index (χ2v) is 14.3. The van der Waals surface area contributed by atoms with E-state index >= 15 is 0 Å². The number of halogens is 3. The number of imide groups is 1. The van der Waals surface area contributed by atoms with Crippen molar-refractivity contribution in [2.24, 2.45) is 0 Å². The number of aromatic nitrogens is 3. The van der Waals surface area contributed by atoms with Gasteiger partial charge in [0, 0.05) is 34.5 Å². The molecule has 7 rings (SSSR count). The number of nitrogens with zero attached hydrogens (tertiary/aromatic N) is 4. The Morgan fingerprint density at radius 3 is 2.54 bits per heavy atom. The zero-order chi connectivity index (χ0) is 36.7. The highest BCUT2D eigenvalue weighted by atomic mass is 19.3. The molecule has 2 aromatic carbocycles. The van der Waals surface area contributed by atoms with Crippen molar-refractivity contribution < 1.29 is 27.2 Å². The number of rotatable bonds is 9. The minimum atomic E-state index is -2.92. The number of anilines is 1. The van der Waals surface area contributed by atoms with Gasteiger partial charge in [-0.2, -0.15) is 5.10 Å². The molecule has 2 saturated heterocycles. The molecular formula is C40H41F3N6O3. The largest absolute Gasteiger partial charge is 0.467 e. The first-order valence-electron chi connectivity index (χ1n) is 17.6. The number of fused-ring (bicyclic) bond motifs is 1. The quantitative estimate of drug-likeness (QED) is 0.147. The average Bonchev–Trinajstić information content (AvgIpc) is 3.60. The number of piperidine rings is 2. The maximum atomic E-state index is 14.9. The summed E-state index contributed by atoms with van der Waals surface area (Å²) in [7, 11) is 0. The Morgan fingerprint density at radius 1 is 1.04 bits per heavy atom. The monoisotopic (exact) mass is 710 g/mol. The van der Waals surface area contributed by atoms with E-state index in [1.54, 1.807) is 19.4 Å². The molecule has 0 bridgehead atoms. The number of pyridine rings is 1. The molecule has 2 aliphatic rings. The van der Waals surface area contributed by atoms with E-state index in [2.05, 4.69) is 55.8 Å². The maximum Gasteiger partial charge on any atom is 0.266 e.